The van der Waals surface area contributed by atoms with Crippen molar-refractivity contribution in [2.75, 3.05) is 11.6 Å². The van der Waals surface area contributed by atoms with Crippen molar-refractivity contribution in [2.45, 2.75) is 11.3 Å². The molecule has 1 amide bonds. The van der Waals surface area contributed by atoms with E-state index in [1.807, 2.05) is 54.8 Å². The van der Waals surface area contributed by atoms with Crippen LogP contribution >= 0.6 is 11.8 Å². The Balaban J connectivity index is 1.61. The maximum atomic E-state index is 12.5. The Kier molecular flexibility index (Phi) is 4.20. The molecule has 124 valence electrons. The molecule has 25 heavy (non-hydrogen) atoms. The lowest BCUT2D eigenvalue weighted by atomic mass is 10.0. The minimum atomic E-state index is -0.0486. The van der Waals surface area contributed by atoms with Gasteiger partial charge in [0, 0.05) is 21.5 Å². The summed E-state index contributed by atoms with van der Waals surface area (Å²) in [5.41, 5.74) is 2.52. The standard InChI is InChI=1S/C21H17NO2S/c1-25-17-9-7-16(8-10-17)22-20(23)12-15-13-24-19-11-6-14-4-2-3-5-18(14)21(15)19/h2-11,13H,12H2,1H3,(H,22,23). The fourth-order valence-corrected chi connectivity index (χ4v) is 3.47. The topological polar surface area (TPSA) is 42.2 Å². The van der Waals surface area contributed by atoms with Crippen molar-refractivity contribution in [3.05, 3.63) is 72.5 Å². The Morgan fingerprint density at radius 2 is 1.84 bits per heavy atom. The third kappa shape index (κ3) is 3.13. The molecule has 0 fully saturated rings. The first-order valence-electron chi connectivity index (χ1n) is 8.06. The number of rotatable bonds is 4. The van der Waals surface area contributed by atoms with Gasteiger partial charge in [-0.1, -0.05) is 30.3 Å². The number of hydrogen-bond donors (Lipinski definition) is 1. The van der Waals surface area contributed by atoms with Crippen LogP contribution in [-0.4, -0.2) is 12.2 Å². The van der Waals surface area contributed by atoms with Crippen LogP contribution in [0.15, 0.2) is 76.2 Å². The van der Waals surface area contributed by atoms with E-state index in [2.05, 4.69) is 17.4 Å². The highest BCUT2D eigenvalue weighted by Crippen LogP contribution is 2.30. The summed E-state index contributed by atoms with van der Waals surface area (Å²) in [4.78, 5) is 13.6. The third-order valence-corrected chi connectivity index (χ3v) is 5.01. The Morgan fingerprint density at radius 1 is 1.04 bits per heavy atom. The second-order valence-electron chi connectivity index (χ2n) is 5.87. The van der Waals surface area contributed by atoms with Gasteiger partial charge in [0.1, 0.15) is 5.58 Å². The van der Waals surface area contributed by atoms with Gasteiger partial charge < -0.3 is 9.73 Å². The van der Waals surface area contributed by atoms with Gasteiger partial charge in [-0.25, -0.2) is 0 Å². The van der Waals surface area contributed by atoms with Crippen molar-refractivity contribution >= 4 is 45.1 Å². The molecule has 1 N–H and O–H groups in total. The summed E-state index contributed by atoms with van der Waals surface area (Å²) in [6.45, 7) is 0. The predicted octanol–water partition coefficient (Wildman–Crippen LogP) is 5.49. The first kappa shape index (κ1) is 15.8. The van der Waals surface area contributed by atoms with E-state index in [0.29, 0.717) is 0 Å². The van der Waals surface area contributed by atoms with E-state index in [4.69, 9.17) is 4.42 Å². The minimum absolute atomic E-state index is 0.0486. The number of fused-ring (bicyclic) bond motifs is 3. The van der Waals surface area contributed by atoms with Crippen molar-refractivity contribution in [2.24, 2.45) is 0 Å². The first-order chi connectivity index (χ1) is 12.2. The van der Waals surface area contributed by atoms with Crippen LogP contribution in [-0.2, 0) is 11.2 Å². The van der Waals surface area contributed by atoms with Crippen LogP contribution < -0.4 is 5.32 Å². The Hall–Kier alpha value is -2.72. The van der Waals surface area contributed by atoms with Crippen LogP contribution in [0.1, 0.15) is 5.56 Å². The number of amides is 1. The molecule has 0 spiro atoms. The summed E-state index contributed by atoms with van der Waals surface area (Å²) < 4.78 is 5.66. The van der Waals surface area contributed by atoms with Crippen LogP contribution in [0.3, 0.4) is 0 Å². The Bertz CT molecular complexity index is 1050. The monoisotopic (exact) mass is 347 g/mol. The van der Waals surface area contributed by atoms with Gasteiger partial charge in [-0.05, 0) is 47.4 Å². The molecular weight excluding hydrogens is 330 g/mol. The highest BCUT2D eigenvalue weighted by atomic mass is 32.2. The molecule has 1 heterocycles. The van der Waals surface area contributed by atoms with E-state index in [9.17, 15) is 4.79 Å². The molecule has 0 radical (unpaired) electrons. The summed E-state index contributed by atoms with van der Waals surface area (Å²) >= 11 is 1.68. The normalized spacial score (nSPS) is 11.1. The average Bonchev–Trinajstić information content (AvgIpc) is 3.05. The number of nitrogens with one attached hydrogen (secondary N) is 1. The molecule has 4 rings (SSSR count). The van der Waals surface area contributed by atoms with Crippen molar-refractivity contribution in [1.82, 2.24) is 0 Å². The molecule has 4 aromatic rings. The predicted molar refractivity (Wildman–Crippen MR) is 104 cm³/mol. The number of benzene rings is 3. The van der Waals surface area contributed by atoms with Crippen molar-refractivity contribution in [1.29, 1.82) is 0 Å². The molecule has 0 saturated heterocycles. The number of hydrogen-bond acceptors (Lipinski definition) is 3. The minimum Gasteiger partial charge on any atom is -0.464 e. The van der Waals surface area contributed by atoms with Gasteiger partial charge >= 0.3 is 0 Å². The van der Waals surface area contributed by atoms with Crippen LogP contribution in [0.5, 0.6) is 0 Å². The largest absolute Gasteiger partial charge is 0.464 e. The second-order valence-corrected chi connectivity index (χ2v) is 6.75. The van der Waals surface area contributed by atoms with Gasteiger partial charge in [-0.3, -0.25) is 4.79 Å². The SMILES string of the molecule is CSc1ccc(NC(=O)Cc2coc3ccc4ccccc4c23)cc1. The highest BCUT2D eigenvalue weighted by Gasteiger charge is 2.13. The van der Waals surface area contributed by atoms with Crippen molar-refractivity contribution in [3.8, 4) is 0 Å². The lowest BCUT2D eigenvalue weighted by Crippen LogP contribution is -2.14. The molecule has 0 aliphatic rings. The number of carbonyl (C=O) groups is 1. The fraction of sp³-hybridized carbons (Fsp3) is 0.0952. The molecular formula is C21H17NO2S. The number of anilines is 1. The summed E-state index contributed by atoms with van der Waals surface area (Å²) in [5, 5.41) is 6.23. The summed E-state index contributed by atoms with van der Waals surface area (Å²) in [5.74, 6) is -0.0486. The van der Waals surface area contributed by atoms with E-state index >= 15 is 0 Å². The molecule has 0 bridgehead atoms. The Morgan fingerprint density at radius 3 is 2.64 bits per heavy atom. The molecule has 0 unspecified atom stereocenters. The van der Waals surface area contributed by atoms with Gasteiger partial charge in [0.25, 0.3) is 0 Å². The zero-order valence-electron chi connectivity index (χ0n) is 13.8. The van der Waals surface area contributed by atoms with E-state index in [-0.39, 0.29) is 12.3 Å². The van der Waals surface area contributed by atoms with E-state index < -0.39 is 0 Å². The van der Waals surface area contributed by atoms with Gasteiger partial charge in [0.2, 0.25) is 5.91 Å². The number of carbonyl (C=O) groups excluding carboxylic acids is 1. The second kappa shape index (κ2) is 6.65. The van der Waals surface area contributed by atoms with Gasteiger partial charge in [-0.15, -0.1) is 11.8 Å². The van der Waals surface area contributed by atoms with Crippen LogP contribution in [0.2, 0.25) is 0 Å². The Labute approximate surface area is 150 Å². The third-order valence-electron chi connectivity index (χ3n) is 4.26. The molecule has 0 atom stereocenters. The summed E-state index contributed by atoms with van der Waals surface area (Å²) in [7, 11) is 0. The summed E-state index contributed by atoms with van der Waals surface area (Å²) in [6.07, 6.45) is 4.00. The lowest BCUT2D eigenvalue weighted by molar-refractivity contribution is -0.115. The summed E-state index contributed by atoms with van der Waals surface area (Å²) in [6, 6.07) is 20.0. The van der Waals surface area contributed by atoms with Crippen LogP contribution in [0.25, 0.3) is 21.7 Å². The molecule has 0 saturated carbocycles. The van der Waals surface area contributed by atoms with E-state index in [1.165, 1.54) is 4.90 Å². The molecule has 0 aliphatic carbocycles. The van der Waals surface area contributed by atoms with Crippen molar-refractivity contribution < 1.29 is 9.21 Å². The lowest BCUT2D eigenvalue weighted by Gasteiger charge is -2.06. The van der Waals surface area contributed by atoms with Crippen LogP contribution in [0, 0.1) is 0 Å². The zero-order valence-corrected chi connectivity index (χ0v) is 14.6. The molecule has 4 heteroatoms. The average molecular weight is 347 g/mol. The first-order valence-corrected chi connectivity index (χ1v) is 9.29. The molecule has 3 aromatic carbocycles. The maximum absolute atomic E-state index is 12.5. The zero-order chi connectivity index (χ0) is 17.2. The van der Waals surface area contributed by atoms with Crippen molar-refractivity contribution in [3.63, 3.8) is 0 Å². The molecule has 0 aliphatic heterocycles. The van der Waals surface area contributed by atoms with Gasteiger partial charge in [-0.2, -0.15) is 0 Å². The van der Waals surface area contributed by atoms with E-state index in [0.717, 1.165) is 33.0 Å². The quantitative estimate of drug-likeness (QED) is 0.496. The maximum Gasteiger partial charge on any atom is 0.228 e. The molecule has 1 aromatic heterocycles. The van der Waals surface area contributed by atoms with Gasteiger partial charge in [0.05, 0.1) is 12.7 Å². The number of thioether (sulfide) groups is 1. The molecule has 3 nitrogen and oxygen atoms in total. The smallest absolute Gasteiger partial charge is 0.228 e. The van der Waals surface area contributed by atoms with Crippen LogP contribution in [0.4, 0.5) is 5.69 Å². The highest BCUT2D eigenvalue weighted by molar-refractivity contribution is 7.98. The number of furan rings is 1. The van der Waals surface area contributed by atoms with Gasteiger partial charge in [0.15, 0.2) is 0 Å². The van der Waals surface area contributed by atoms with E-state index in [1.54, 1.807) is 18.0 Å². The fourth-order valence-electron chi connectivity index (χ4n) is 3.06.